The van der Waals surface area contributed by atoms with Gasteiger partial charge in [-0.3, -0.25) is 14.8 Å². The number of nitrogens with zero attached hydrogens (tertiary/aromatic N) is 3. The van der Waals surface area contributed by atoms with Gasteiger partial charge in [-0.2, -0.15) is 0 Å². The predicted octanol–water partition coefficient (Wildman–Crippen LogP) is 5.28. The first-order valence-corrected chi connectivity index (χ1v) is 13.5. The average Bonchev–Trinajstić information content (AvgIpc) is 2.93. The zero-order chi connectivity index (χ0) is 26.0. The number of rotatable bonds is 13. The number of unbranched alkanes of at least 4 members (excludes halogenated alkanes) is 1. The number of hydrogen-bond donors (Lipinski definition) is 2. The number of aromatic nitrogens is 2. The van der Waals surface area contributed by atoms with E-state index in [1.54, 1.807) is 13.3 Å². The van der Waals surface area contributed by atoms with E-state index in [4.69, 9.17) is 4.74 Å². The molecule has 0 saturated carbocycles. The first kappa shape index (κ1) is 27.0. The summed E-state index contributed by atoms with van der Waals surface area (Å²) >= 11 is 0. The molecule has 198 valence electrons. The second-order valence-electron chi connectivity index (χ2n) is 10.2. The van der Waals surface area contributed by atoms with E-state index in [1.165, 1.54) is 5.56 Å². The molecule has 0 spiro atoms. The molecule has 1 aliphatic rings. The third-order valence-electron chi connectivity index (χ3n) is 7.80. The van der Waals surface area contributed by atoms with Crippen molar-refractivity contribution in [2.24, 2.45) is 11.8 Å². The Morgan fingerprint density at radius 2 is 1.95 bits per heavy atom. The highest BCUT2D eigenvalue weighted by molar-refractivity contribution is 5.83. The highest BCUT2D eigenvalue weighted by Gasteiger charge is 2.30. The third-order valence-corrected chi connectivity index (χ3v) is 7.80. The molecule has 4 rings (SSSR count). The molecule has 37 heavy (non-hydrogen) atoms. The molecule has 3 atom stereocenters. The fourth-order valence-corrected chi connectivity index (χ4v) is 5.68. The number of pyridine rings is 2. The summed E-state index contributed by atoms with van der Waals surface area (Å²) in [5.74, 6) is 0.775. The number of aliphatic hydroxyl groups excluding tert-OH is 1. The van der Waals surface area contributed by atoms with Crippen molar-refractivity contribution < 1.29 is 19.7 Å². The number of fused-ring (bicyclic) bond motifs is 1. The monoisotopic (exact) mass is 505 g/mol. The van der Waals surface area contributed by atoms with Crippen molar-refractivity contribution in [2.75, 3.05) is 26.7 Å². The lowest BCUT2D eigenvalue weighted by Crippen LogP contribution is -2.41. The number of methoxy groups -OCH3 is 1. The van der Waals surface area contributed by atoms with Gasteiger partial charge in [0.2, 0.25) is 0 Å². The molecule has 1 aromatic carbocycles. The Morgan fingerprint density at radius 3 is 2.73 bits per heavy atom. The van der Waals surface area contributed by atoms with Gasteiger partial charge in [0.15, 0.2) is 0 Å². The standard InChI is InChI=1S/C30H39N3O4/c1-37-25-7-8-28-27(20-25)26(13-17-32-28)29(34)9-5-23-14-19-33(21-24(23)6-10-30(35)36)18-3-2-4-22-11-15-31-16-12-22/h7-8,11-13,15-17,20,23-24,29,34H,2-6,9-10,14,18-19,21H2,1H3,(H,35,36)/t23?,24?,29-/m0/s1. The van der Waals surface area contributed by atoms with Gasteiger partial charge >= 0.3 is 5.97 Å². The van der Waals surface area contributed by atoms with Crippen molar-refractivity contribution >= 4 is 16.9 Å². The van der Waals surface area contributed by atoms with Crippen LogP contribution in [0.3, 0.4) is 0 Å². The van der Waals surface area contributed by atoms with Crippen LogP contribution in [0.15, 0.2) is 55.0 Å². The van der Waals surface area contributed by atoms with Gasteiger partial charge in [-0.25, -0.2) is 0 Å². The Morgan fingerprint density at radius 1 is 1.11 bits per heavy atom. The summed E-state index contributed by atoms with van der Waals surface area (Å²) in [6, 6.07) is 11.8. The Balaban J connectivity index is 1.32. The molecule has 2 aromatic heterocycles. The number of carboxylic acid groups (broad SMARTS) is 1. The molecule has 1 fully saturated rings. The van der Waals surface area contributed by atoms with E-state index >= 15 is 0 Å². The van der Waals surface area contributed by atoms with Gasteiger partial charge in [-0.1, -0.05) is 0 Å². The number of likely N-dealkylation sites (tertiary alicyclic amines) is 1. The van der Waals surface area contributed by atoms with E-state index in [1.807, 2.05) is 36.7 Å². The van der Waals surface area contributed by atoms with Crippen molar-refractivity contribution in [1.82, 2.24) is 14.9 Å². The molecular weight excluding hydrogens is 466 g/mol. The van der Waals surface area contributed by atoms with E-state index in [-0.39, 0.29) is 6.42 Å². The molecule has 2 N–H and O–H groups in total. The van der Waals surface area contributed by atoms with E-state index < -0.39 is 12.1 Å². The zero-order valence-corrected chi connectivity index (χ0v) is 21.8. The Kier molecular flexibility index (Phi) is 9.85. The number of aliphatic carboxylic acids is 1. The Hall–Kier alpha value is -3.03. The summed E-state index contributed by atoms with van der Waals surface area (Å²) < 4.78 is 5.38. The van der Waals surface area contributed by atoms with Gasteiger partial charge in [0.25, 0.3) is 0 Å². The van der Waals surface area contributed by atoms with Crippen LogP contribution < -0.4 is 4.74 Å². The van der Waals surface area contributed by atoms with Crippen molar-refractivity contribution in [2.45, 2.75) is 57.5 Å². The number of piperidine rings is 1. The van der Waals surface area contributed by atoms with Crippen LogP contribution in [-0.4, -0.2) is 57.8 Å². The van der Waals surface area contributed by atoms with Crippen molar-refractivity contribution in [3.63, 3.8) is 0 Å². The summed E-state index contributed by atoms with van der Waals surface area (Å²) in [4.78, 5) is 22.3. The third kappa shape index (κ3) is 7.73. The number of aryl methyl sites for hydroxylation is 1. The van der Waals surface area contributed by atoms with E-state index in [2.05, 4.69) is 27.0 Å². The molecule has 7 heteroatoms. The second kappa shape index (κ2) is 13.5. The molecule has 2 unspecified atom stereocenters. The summed E-state index contributed by atoms with van der Waals surface area (Å²) in [6.45, 7) is 3.03. The quantitative estimate of drug-likeness (QED) is 0.305. The van der Waals surface area contributed by atoms with Crippen LogP contribution in [0.4, 0.5) is 0 Å². The van der Waals surface area contributed by atoms with Crippen LogP contribution in [0.25, 0.3) is 10.9 Å². The van der Waals surface area contributed by atoms with Crippen LogP contribution in [0, 0.1) is 11.8 Å². The van der Waals surface area contributed by atoms with Gasteiger partial charge in [-0.05, 0) is 117 Å². The smallest absolute Gasteiger partial charge is 0.303 e. The predicted molar refractivity (Wildman–Crippen MR) is 145 cm³/mol. The van der Waals surface area contributed by atoms with E-state index in [0.717, 1.165) is 74.0 Å². The highest BCUT2D eigenvalue weighted by Crippen LogP contribution is 2.35. The maximum atomic E-state index is 11.3. The van der Waals surface area contributed by atoms with Crippen LogP contribution >= 0.6 is 0 Å². The van der Waals surface area contributed by atoms with E-state index in [0.29, 0.717) is 24.7 Å². The topological polar surface area (TPSA) is 95.8 Å². The second-order valence-corrected chi connectivity index (χ2v) is 10.2. The molecule has 7 nitrogen and oxygen atoms in total. The molecule has 0 amide bonds. The van der Waals surface area contributed by atoms with Crippen LogP contribution in [0.1, 0.15) is 62.2 Å². The van der Waals surface area contributed by atoms with Crippen molar-refractivity contribution in [3.8, 4) is 5.75 Å². The van der Waals surface area contributed by atoms with Crippen LogP contribution in [0.2, 0.25) is 0 Å². The maximum Gasteiger partial charge on any atom is 0.303 e. The van der Waals surface area contributed by atoms with Crippen molar-refractivity contribution in [1.29, 1.82) is 0 Å². The Bertz CT molecular complexity index is 1140. The minimum Gasteiger partial charge on any atom is -0.497 e. The molecule has 1 aliphatic heterocycles. The van der Waals surface area contributed by atoms with Crippen LogP contribution in [-0.2, 0) is 11.2 Å². The number of carbonyl (C=O) groups is 1. The number of carboxylic acids is 1. The molecule has 0 bridgehead atoms. The van der Waals surface area contributed by atoms with E-state index in [9.17, 15) is 15.0 Å². The van der Waals surface area contributed by atoms with Gasteiger partial charge in [0.1, 0.15) is 5.75 Å². The van der Waals surface area contributed by atoms with Crippen LogP contribution in [0.5, 0.6) is 5.75 Å². The first-order chi connectivity index (χ1) is 18.0. The van der Waals surface area contributed by atoms with Gasteiger partial charge in [0.05, 0.1) is 18.7 Å². The lowest BCUT2D eigenvalue weighted by atomic mass is 9.79. The molecular formula is C30H39N3O4. The molecule has 0 radical (unpaired) electrons. The fraction of sp³-hybridized carbons (Fsp3) is 0.500. The number of hydrogen-bond acceptors (Lipinski definition) is 6. The number of ether oxygens (including phenoxy) is 1. The van der Waals surface area contributed by atoms with Crippen molar-refractivity contribution in [3.05, 3.63) is 66.1 Å². The molecule has 3 heterocycles. The highest BCUT2D eigenvalue weighted by atomic mass is 16.5. The van der Waals surface area contributed by atoms with Gasteiger partial charge in [-0.15, -0.1) is 0 Å². The Labute approximate surface area is 219 Å². The summed E-state index contributed by atoms with van der Waals surface area (Å²) in [5.41, 5.74) is 3.04. The lowest BCUT2D eigenvalue weighted by Gasteiger charge is -2.39. The average molecular weight is 506 g/mol. The lowest BCUT2D eigenvalue weighted by molar-refractivity contribution is -0.137. The zero-order valence-electron chi connectivity index (χ0n) is 21.8. The maximum absolute atomic E-state index is 11.3. The molecule has 0 aliphatic carbocycles. The number of benzene rings is 1. The molecule has 1 saturated heterocycles. The normalized spacial score (nSPS) is 19.1. The minimum absolute atomic E-state index is 0.203. The molecule has 3 aromatic rings. The number of aliphatic hydroxyl groups is 1. The first-order valence-electron chi connectivity index (χ1n) is 13.5. The summed E-state index contributed by atoms with van der Waals surface area (Å²) in [6.07, 6.45) is 11.7. The van der Waals surface area contributed by atoms with Gasteiger partial charge in [0, 0.05) is 36.9 Å². The summed E-state index contributed by atoms with van der Waals surface area (Å²) in [7, 11) is 1.64. The van der Waals surface area contributed by atoms with Gasteiger partial charge < -0.3 is 19.8 Å². The minimum atomic E-state index is -0.731. The SMILES string of the molecule is COc1ccc2nccc([C@@H](O)CCC3CCN(CCCCc4ccncc4)CC3CCC(=O)O)c2c1. The largest absolute Gasteiger partial charge is 0.497 e. The fourth-order valence-electron chi connectivity index (χ4n) is 5.68. The summed E-state index contributed by atoms with van der Waals surface area (Å²) in [5, 5.41) is 21.4.